The van der Waals surface area contributed by atoms with Crippen LogP contribution in [0.5, 0.6) is 5.75 Å². The molecule has 0 aliphatic carbocycles. The predicted molar refractivity (Wildman–Crippen MR) is 116 cm³/mol. The molecule has 0 N–H and O–H groups in total. The number of aromatic nitrogens is 1. The number of sulfonamides is 1. The molecule has 1 aliphatic heterocycles. The molecule has 0 bridgehead atoms. The Morgan fingerprint density at radius 1 is 1.07 bits per heavy atom. The van der Waals surface area contributed by atoms with Gasteiger partial charge in [0.05, 0.1) is 6.61 Å². The molecule has 30 heavy (non-hydrogen) atoms. The van der Waals surface area contributed by atoms with Crippen molar-refractivity contribution in [3.05, 3.63) is 41.3 Å². The van der Waals surface area contributed by atoms with E-state index in [0.29, 0.717) is 44.2 Å². The van der Waals surface area contributed by atoms with E-state index in [1.165, 1.54) is 9.87 Å². The van der Waals surface area contributed by atoms with Gasteiger partial charge in [-0.05, 0) is 43.4 Å². The van der Waals surface area contributed by atoms with Crippen LogP contribution in [0.4, 0.5) is 0 Å². The Kier molecular flexibility index (Phi) is 6.89. The number of ether oxygens (including phenoxy) is 1. The first-order chi connectivity index (χ1) is 14.1. The van der Waals surface area contributed by atoms with E-state index in [2.05, 4.69) is 43.0 Å². The third kappa shape index (κ3) is 5.22. The largest absolute Gasteiger partial charge is 0.494 e. The van der Waals surface area contributed by atoms with Gasteiger partial charge in [0.1, 0.15) is 16.3 Å². The fraction of sp³-hybridized carbons (Fsp3) is 0.591. The Hall–Kier alpha value is -1.90. The van der Waals surface area contributed by atoms with Gasteiger partial charge in [0.2, 0.25) is 10.0 Å². The van der Waals surface area contributed by atoms with Crippen molar-refractivity contribution in [3.8, 4) is 5.75 Å². The summed E-state index contributed by atoms with van der Waals surface area (Å²) in [4.78, 5) is 2.49. The molecule has 0 saturated carbocycles. The van der Waals surface area contributed by atoms with Crippen LogP contribution in [-0.2, 0) is 15.4 Å². The molecule has 3 rings (SSSR count). The standard InChI is InChI=1S/C22H33N3O4S/c1-17-21(18(2)29-23-17)30(26,27)25-14-12-24(13-15-25)11-6-16-28-20-9-7-19(8-10-20)22(3,4)5/h7-10H,6,11-16H2,1-5H3. The summed E-state index contributed by atoms with van der Waals surface area (Å²) in [5, 5.41) is 3.78. The highest BCUT2D eigenvalue weighted by atomic mass is 32.2. The van der Waals surface area contributed by atoms with E-state index in [0.717, 1.165) is 18.7 Å². The number of piperazine rings is 1. The number of benzene rings is 1. The van der Waals surface area contributed by atoms with Gasteiger partial charge in [-0.2, -0.15) is 4.31 Å². The quantitative estimate of drug-likeness (QED) is 0.621. The molecule has 166 valence electrons. The van der Waals surface area contributed by atoms with Gasteiger partial charge in [-0.25, -0.2) is 8.42 Å². The number of aryl methyl sites for hydroxylation is 2. The lowest BCUT2D eigenvalue weighted by atomic mass is 9.87. The van der Waals surface area contributed by atoms with Crippen LogP contribution in [0.2, 0.25) is 0 Å². The SMILES string of the molecule is Cc1noc(C)c1S(=O)(=O)N1CCN(CCCOc2ccc(C(C)(C)C)cc2)CC1. The average molecular weight is 436 g/mol. The number of hydrogen-bond donors (Lipinski definition) is 0. The highest BCUT2D eigenvalue weighted by molar-refractivity contribution is 7.89. The van der Waals surface area contributed by atoms with Gasteiger partial charge in [0, 0.05) is 32.7 Å². The molecule has 1 aliphatic rings. The Balaban J connectivity index is 1.42. The van der Waals surface area contributed by atoms with Crippen LogP contribution in [0.15, 0.2) is 33.7 Å². The topological polar surface area (TPSA) is 75.9 Å². The Labute approximate surface area is 180 Å². The Bertz CT molecular complexity index is 918. The summed E-state index contributed by atoms with van der Waals surface area (Å²) in [6.07, 6.45) is 0.900. The Morgan fingerprint density at radius 3 is 2.23 bits per heavy atom. The van der Waals surface area contributed by atoms with Crippen molar-refractivity contribution >= 4 is 10.0 Å². The van der Waals surface area contributed by atoms with Crippen LogP contribution >= 0.6 is 0 Å². The average Bonchev–Trinajstić information content (AvgIpc) is 3.04. The van der Waals surface area contributed by atoms with Gasteiger partial charge in [0.25, 0.3) is 0 Å². The van der Waals surface area contributed by atoms with Crippen LogP contribution in [0.25, 0.3) is 0 Å². The predicted octanol–water partition coefficient (Wildman–Crippen LogP) is 3.36. The zero-order chi connectivity index (χ0) is 21.9. The van der Waals surface area contributed by atoms with Crippen LogP contribution in [-0.4, -0.2) is 62.1 Å². The molecule has 1 saturated heterocycles. The molecular formula is C22H33N3O4S. The minimum atomic E-state index is -3.55. The summed E-state index contributed by atoms with van der Waals surface area (Å²) in [7, 11) is -3.55. The summed E-state index contributed by atoms with van der Waals surface area (Å²) < 4.78 is 38.2. The Morgan fingerprint density at radius 2 is 1.70 bits per heavy atom. The zero-order valence-electron chi connectivity index (χ0n) is 18.6. The molecule has 0 unspecified atom stereocenters. The van der Waals surface area contributed by atoms with Gasteiger partial charge < -0.3 is 14.2 Å². The van der Waals surface area contributed by atoms with Crippen LogP contribution in [0.1, 0.15) is 44.2 Å². The van der Waals surface area contributed by atoms with Crippen molar-refractivity contribution in [1.82, 2.24) is 14.4 Å². The molecule has 1 fully saturated rings. The lowest BCUT2D eigenvalue weighted by molar-refractivity contribution is 0.174. The zero-order valence-corrected chi connectivity index (χ0v) is 19.5. The van der Waals surface area contributed by atoms with E-state index < -0.39 is 10.0 Å². The monoisotopic (exact) mass is 435 g/mol. The van der Waals surface area contributed by atoms with E-state index in [-0.39, 0.29) is 10.3 Å². The van der Waals surface area contributed by atoms with Crippen LogP contribution < -0.4 is 4.74 Å². The molecule has 1 aromatic carbocycles. The van der Waals surface area contributed by atoms with Gasteiger partial charge in [0.15, 0.2) is 5.76 Å². The second-order valence-corrected chi connectivity index (χ2v) is 10.8. The maximum absolute atomic E-state index is 12.9. The summed E-state index contributed by atoms with van der Waals surface area (Å²) in [6, 6.07) is 8.29. The molecule has 2 heterocycles. The third-order valence-electron chi connectivity index (χ3n) is 5.50. The number of hydrogen-bond acceptors (Lipinski definition) is 6. The number of nitrogens with zero attached hydrogens (tertiary/aromatic N) is 3. The van der Waals surface area contributed by atoms with Crippen molar-refractivity contribution in [2.45, 2.75) is 51.3 Å². The minimum absolute atomic E-state index is 0.139. The smallest absolute Gasteiger partial charge is 0.248 e. The van der Waals surface area contributed by atoms with E-state index >= 15 is 0 Å². The summed E-state index contributed by atoms with van der Waals surface area (Å²) in [6.45, 7) is 13.8. The van der Waals surface area contributed by atoms with E-state index in [4.69, 9.17) is 9.26 Å². The fourth-order valence-electron chi connectivity index (χ4n) is 3.69. The van der Waals surface area contributed by atoms with Gasteiger partial charge in [-0.15, -0.1) is 0 Å². The highest BCUT2D eigenvalue weighted by Gasteiger charge is 2.33. The van der Waals surface area contributed by atoms with Crippen LogP contribution in [0, 0.1) is 13.8 Å². The number of rotatable bonds is 7. The lowest BCUT2D eigenvalue weighted by Crippen LogP contribution is -2.49. The van der Waals surface area contributed by atoms with Gasteiger partial charge >= 0.3 is 0 Å². The van der Waals surface area contributed by atoms with Crippen LogP contribution in [0.3, 0.4) is 0 Å². The first-order valence-electron chi connectivity index (χ1n) is 10.5. The maximum Gasteiger partial charge on any atom is 0.248 e. The lowest BCUT2D eigenvalue weighted by Gasteiger charge is -2.33. The molecule has 8 heteroatoms. The maximum atomic E-state index is 12.9. The normalized spacial score (nSPS) is 16.7. The first-order valence-corrected chi connectivity index (χ1v) is 11.9. The van der Waals surface area contributed by atoms with E-state index in [9.17, 15) is 8.42 Å². The molecule has 0 radical (unpaired) electrons. The molecule has 0 spiro atoms. The van der Waals surface area contributed by atoms with Crippen molar-refractivity contribution in [1.29, 1.82) is 0 Å². The van der Waals surface area contributed by atoms with Crippen molar-refractivity contribution in [3.63, 3.8) is 0 Å². The minimum Gasteiger partial charge on any atom is -0.494 e. The fourth-order valence-corrected chi connectivity index (χ4v) is 5.41. The van der Waals surface area contributed by atoms with Gasteiger partial charge in [-0.1, -0.05) is 38.1 Å². The molecule has 0 atom stereocenters. The molecule has 0 amide bonds. The van der Waals surface area contributed by atoms with Crippen molar-refractivity contribution in [2.75, 3.05) is 39.3 Å². The second kappa shape index (κ2) is 9.08. The van der Waals surface area contributed by atoms with E-state index in [1.807, 2.05) is 12.1 Å². The first kappa shape index (κ1) is 22.8. The van der Waals surface area contributed by atoms with Crippen molar-refractivity contribution < 1.29 is 17.7 Å². The highest BCUT2D eigenvalue weighted by Crippen LogP contribution is 2.25. The van der Waals surface area contributed by atoms with Gasteiger partial charge in [-0.3, -0.25) is 0 Å². The second-order valence-electron chi connectivity index (χ2n) is 8.88. The van der Waals surface area contributed by atoms with Crippen molar-refractivity contribution in [2.24, 2.45) is 0 Å². The summed E-state index contributed by atoms with van der Waals surface area (Å²) in [5.41, 5.74) is 1.85. The van der Waals surface area contributed by atoms with E-state index in [1.54, 1.807) is 13.8 Å². The molecule has 7 nitrogen and oxygen atoms in total. The molecule has 1 aromatic heterocycles. The summed E-state index contributed by atoms with van der Waals surface area (Å²) >= 11 is 0. The summed E-state index contributed by atoms with van der Waals surface area (Å²) in [5.74, 6) is 1.24. The molecular weight excluding hydrogens is 402 g/mol. The molecule has 2 aromatic rings. The third-order valence-corrected chi connectivity index (χ3v) is 7.65.